The van der Waals surface area contributed by atoms with Crippen molar-refractivity contribution < 1.29 is 4.74 Å². The van der Waals surface area contributed by atoms with Gasteiger partial charge in [-0.1, -0.05) is 12.1 Å². The second kappa shape index (κ2) is 9.00. The molecule has 1 aromatic heterocycles. The molecule has 0 aliphatic carbocycles. The summed E-state index contributed by atoms with van der Waals surface area (Å²) in [5, 5.41) is 8.48. The Kier molecular flexibility index (Phi) is 6.46. The van der Waals surface area contributed by atoms with E-state index in [-0.39, 0.29) is 0 Å². The Bertz CT molecular complexity index is 724. The highest BCUT2D eigenvalue weighted by molar-refractivity contribution is 7.80. The Hall–Kier alpha value is -2.12. The maximum atomic E-state index is 5.56. The SMILES string of the molecule is CCn1cc(CNC(=S)N2CCN(Cc3cccc(OC)c3)CC2)cn1. The molecular formula is C19H27N5OS. The van der Waals surface area contributed by atoms with E-state index in [0.29, 0.717) is 0 Å². The lowest BCUT2D eigenvalue weighted by Crippen LogP contribution is -2.51. The molecule has 3 rings (SSSR count). The van der Waals surface area contributed by atoms with Crippen molar-refractivity contribution in [3.05, 3.63) is 47.8 Å². The number of nitrogens with zero attached hydrogens (tertiary/aromatic N) is 4. The van der Waals surface area contributed by atoms with Crippen LogP contribution in [-0.2, 0) is 19.6 Å². The molecule has 0 radical (unpaired) electrons. The molecule has 0 bridgehead atoms. The van der Waals surface area contributed by atoms with Gasteiger partial charge >= 0.3 is 0 Å². The van der Waals surface area contributed by atoms with Crippen molar-refractivity contribution in [2.24, 2.45) is 0 Å². The van der Waals surface area contributed by atoms with E-state index in [2.05, 4.69) is 45.5 Å². The van der Waals surface area contributed by atoms with Crippen LogP contribution >= 0.6 is 12.2 Å². The number of benzene rings is 1. The summed E-state index contributed by atoms with van der Waals surface area (Å²) in [7, 11) is 1.71. The van der Waals surface area contributed by atoms with Crippen LogP contribution in [0.25, 0.3) is 0 Å². The number of ether oxygens (including phenoxy) is 1. The first-order valence-electron chi connectivity index (χ1n) is 9.07. The molecule has 2 aromatic rings. The molecule has 140 valence electrons. The van der Waals surface area contributed by atoms with Crippen molar-refractivity contribution in [1.29, 1.82) is 0 Å². The normalized spacial score (nSPS) is 15.1. The van der Waals surface area contributed by atoms with Gasteiger partial charge < -0.3 is 15.0 Å². The second-order valence-electron chi connectivity index (χ2n) is 6.48. The molecule has 1 aliphatic rings. The molecule has 2 heterocycles. The quantitative estimate of drug-likeness (QED) is 0.783. The zero-order valence-corrected chi connectivity index (χ0v) is 16.3. The maximum Gasteiger partial charge on any atom is 0.169 e. The summed E-state index contributed by atoms with van der Waals surface area (Å²) in [6, 6.07) is 8.28. The first kappa shape index (κ1) is 18.7. The summed E-state index contributed by atoms with van der Waals surface area (Å²) in [4.78, 5) is 4.71. The summed E-state index contributed by atoms with van der Waals surface area (Å²) < 4.78 is 7.23. The molecule has 1 aliphatic heterocycles. The van der Waals surface area contributed by atoms with Crippen LogP contribution in [-0.4, -0.2) is 58.0 Å². The average molecular weight is 374 g/mol. The van der Waals surface area contributed by atoms with Gasteiger partial charge in [-0.3, -0.25) is 9.58 Å². The predicted molar refractivity (Wildman–Crippen MR) is 107 cm³/mol. The number of aryl methyl sites for hydroxylation is 1. The van der Waals surface area contributed by atoms with Gasteiger partial charge in [0.2, 0.25) is 0 Å². The highest BCUT2D eigenvalue weighted by Crippen LogP contribution is 2.15. The highest BCUT2D eigenvalue weighted by atomic mass is 32.1. The number of methoxy groups -OCH3 is 1. The Morgan fingerprint density at radius 2 is 2.04 bits per heavy atom. The minimum atomic E-state index is 0.725. The summed E-state index contributed by atoms with van der Waals surface area (Å²) >= 11 is 5.56. The molecule has 6 nitrogen and oxygen atoms in total. The molecule has 1 aromatic carbocycles. The monoisotopic (exact) mass is 373 g/mol. The molecule has 1 N–H and O–H groups in total. The van der Waals surface area contributed by atoms with Crippen molar-refractivity contribution in [3.8, 4) is 5.75 Å². The fourth-order valence-corrected chi connectivity index (χ4v) is 3.35. The minimum Gasteiger partial charge on any atom is -0.497 e. The molecule has 0 atom stereocenters. The third kappa shape index (κ3) is 4.95. The number of hydrogen-bond acceptors (Lipinski definition) is 4. The van der Waals surface area contributed by atoms with E-state index in [1.54, 1.807) is 7.11 Å². The Morgan fingerprint density at radius 1 is 1.23 bits per heavy atom. The summed E-state index contributed by atoms with van der Waals surface area (Å²) in [6.07, 6.45) is 3.95. The fraction of sp³-hybridized carbons (Fsp3) is 0.474. The number of hydrogen-bond donors (Lipinski definition) is 1. The van der Waals surface area contributed by atoms with Crippen molar-refractivity contribution in [2.45, 2.75) is 26.6 Å². The lowest BCUT2D eigenvalue weighted by Gasteiger charge is -2.36. The molecule has 0 unspecified atom stereocenters. The van der Waals surface area contributed by atoms with Gasteiger partial charge in [-0.25, -0.2) is 0 Å². The van der Waals surface area contributed by atoms with Gasteiger partial charge in [0.25, 0.3) is 0 Å². The second-order valence-corrected chi connectivity index (χ2v) is 6.86. The zero-order valence-electron chi connectivity index (χ0n) is 15.5. The van der Waals surface area contributed by atoms with E-state index in [4.69, 9.17) is 17.0 Å². The molecule has 7 heteroatoms. The van der Waals surface area contributed by atoms with Gasteiger partial charge in [0.05, 0.1) is 13.3 Å². The van der Waals surface area contributed by atoms with Gasteiger partial charge in [-0.15, -0.1) is 0 Å². The van der Waals surface area contributed by atoms with E-state index >= 15 is 0 Å². The average Bonchev–Trinajstić information content (AvgIpc) is 3.15. The van der Waals surface area contributed by atoms with E-state index in [0.717, 1.165) is 62.2 Å². The molecule has 0 spiro atoms. The lowest BCUT2D eigenvalue weighted by atomic mass is 10.2. The lowest BCUT2D eigenvalue weighted by molar-refractivity contribution is 0.174. The standard InChI is InChI=1S/C19H27N5OS/c1-3-24-15-17(13-21-24)12-20-19(26)23-9-7-22(8-10-23)14-16-5-4-6-18(11-16)25-2/h4-6,11,13,15H,3,7-10,12,14H2,1-2H3,(H,20,26). The third-order valence-electron chi connectivity index (χ3n) is 4.65. The Balaban J connectivity index is 1.43. The van der Waals surface area contributed by atoms with Crippen LogP contribution in [0.5, 0.6) is 5.75 Å². The summed E-state index contributed by atoms with van der Waals surface area (Å²) in [6.45, 7) is 8.55. The van der Waals surface area contributed by atoms with Crippen LogP contribution in [0.1, 0.15) is 18.1 Å². The topological polar surface area (TPSA) is 45.6 Å². The van der Waals surface area contributed by atoms with Gasteiger partial charge in [-0.05, 0) is 36.8 Å². The first-order valence-corrected chi connectivity index (χ1v) is 9.48. The van der Waals surface area contributed by atoms with E-state index in [1.165, 1.54) is 5.56 Å². The smallest absolute Gasteiger partial charge is 0.169 e. The first-order chi connectivity index (χ1) is 12.7. The van der Waals surface area contributed by atoms with Gasteiger partial charge in [0.15, 0.2) is 5.11 Å². The van der Waals surface area contributed by atoms with Crippen LogP contribution in [0.3, 0.4) is 0 Å². The van der Waals surface area contributed by atoms with Gasteiger partial charge in [0, 0.05) is 57.6 Å². The Labute approximate surface area is 160 Å². The van der Waals surface area contributed by atoms with Crippen LogP contribution in [0.2, 0.25) is 0 Å². The molecule has 0 amide bonds. The number of thiocarbonyl (C=S) groups is 1. The van der Waals surface area contributed by atoms with Gasteiger partial charge in [-0.2, -0.15) is 5.10 Å². The summed E-state index contributed by atoms with van der Waals surface area (Å²) in [5.41, 5.74) is 2.44. The molecule has 0 saturated carbocycles. The van der Waals surface area contributed by atoms with Crippen molar-refractivity contribution in [3.63, 3.8) is 0 Å². The summed E-state index contributed by atoms with van der Waals surface area (Å²) in [5.74, 6) is 0.915. The molecule has 1 saturated heterocycles. The number of rotatable bonds is 6. The predicted octanol–water partition coefficient (Wildman–Crippen LogP) is 2.10. The van der Waals surface area contributed by atoms with Crippen molar-refractivity contribution in [2.75, 3.05) is 33.3 Å². The van der Waals surface area contributed by atoms with Crippen LogP contribution in [0.4, 0.5) is 0 Å². The Morgan fingerprint density at radius 3 is 2.73 bits per heavy atom. The van der Waals surface area contributed by atoms with Crippen LogP contribution in [0.15, 0.2) is 36.7 Å². The largest absolute Gasteiger partial charge is 0.497 e. The van der Waals surface area contributed by atoms with E-state index < -0.39 is 0 Å². The van der Waals surface area contributed by atoms with E-state index in [9.17, 15) is 0 Å². The highest BCUT2D eigenvalue weighted by Gasteiger charge is 2.19. The van der Waals surface area contributed by atoms with Crippen LogP contribution in [0, 0.1) is 0 Å². The van der Waals surface area contributed by atoms with Crippen molar-refractivity contribution >= 4 is 17.3 Å². The molecule has 1 fully saturated rings. The van der Waals surface area contributed by atoms with Gasteiger partial charge in [0.1, 0.15) is 5.75 Å². The number of piperazine rings is 1. The number of nitrogens with one attached hydrogen (secondary N) is 1. The third-order valence-corrected chi connectivity index (χ3v) is 5.06. The van der Waals surface area contributed by atoms with Crippen LogP contribution < -0.4 is 10.1 Å². The molecular weight excluding hydrogens is 346 g/mol. The minimum absolute atomic E-state index is 0.725. The number of aromatic nitrogens is 2. The van der Waals surface area contributed by atoms with E-state index in [1.807, 2.05) is 23.0 Å². The fourth-order valence-electron chi connectivity index (χ4n) is 3.10. The molecule has 26 heavy (non-hydrogen) atoms. The zero-order chi connectivity index (χ0) is 18.4. The van der Waals surface area contributed by atoms with Crippen molar-refractivity contribution in [1.82, 2.24) is 24.9 Å². The maximum absolute atomic E-state index is 5.56.